The smallest absolute Gasteiger partial charge is 0.253 e. The van der Waals surface area contributed by atoms with Crippen LogP contribution in [0.15, 0.2) is 54.6 Å². The van der Waals surface area contributed by atoms with Crippen molar-refractivity contribution in [3.8, 4) is 0 Å². The second kappa shape index (κ2) is 10.8. The van der Waals surface area contributed by atoms with Crippen LogP contribution in [-0.4, -0.2) is 39.1 Å². The van der Waals surface area contributed by atoms with Gasteiger partial charge in [-0.05, 0) is 37.1 Å². The molecule has 0 saturated heterocycles. The maximum Gasteiger partial charge on any atom is 0.253 e. The molecule has 0 saturated carbocycles. The molecule has 0 aromatic heterocycles. The number of sulfonamides is 1. The van der Waals surface area contributed by atoms with Gasteiger partial charge in [-0.2, -0.15) is 0 Å². The van der Waals surface area contributed by atoms with Crippen LogP contribution in [0.5, 0.6) is 0 Å². The lowest BCUT2D eigenvalue weighted by atomic mass is 10.1. The first-order valence-corrected chi connectivity index (χ1v) is 11.9. The summed E-state index contributed by atoms with van der Waals surface area (Å²) in [5.41, 5.74) is 1.09. The number of rotatable bonds is 10. The van der Waals surface area contributed by atoms with E-state index in [0.717, 1.165) is 23.4 Å². The first kappa shape index (κ1) is 23.4. The molecule has 2 aromatic rings. The first-order valence-electron chi connectivity index (χ1n) is 10.0. The number of amides is 2. The lowest BCUT2D eigenvalue weighted by molar-refractivity contribution is -0.117. The average molecular weight is 432 g/mol. The summed E-state index contributed by atoms with van der Waals surface area (Å²) in [7, 11) is -3.71. The van der Waals surface area contributed by atoms with E-state index in [1.54, 1.807) is 61.5 Å². The van der Waals surface area contributed by atoms with Crippen LogP contribution in [0.1, 0.15) is 43.5 Å². The molecule has 8 heteroatoms. The number of nitrogens with zero attached hydrogens (tertiary/aromatic N) is 1. The molecule has 0 bridgehead atoms. The number of carbonyl (C=O) groups is 2. The zero-order valence-electron chi connectivity index (χ0n) is 17.6. The molecule has 0 aliphatic rings. The van der Waals surface area contributed by atoms with Crippen LogP contribution in [0.4, 0.5) is 11.4 Å². The predicted octanol–water partition coefficient (Wildman–Crippen LogP) is 3.40. The molecule has 0 radical (unpaired) electrons. The summed E-state index contributed by atoms with van der Waals surface area (Å²) in [5, 5.41) is 5.58. The monoisotopic (exact) mass is 431 g/mol. The van der Waals surface area contributed by atoms with Gasteiger partial charge in [-0.15, -0.1) is 0 Å². The minimum Gasteiger partial charge on any atom is -0.352 e. The normalized spacial score (nSPS) is 12.1. The van der Waals surface area contributed by atoms with Crippen molar-refractivity contribution in [2.45, 2.75) is 39.2 Å². The van der Waals surface area contributed by atoms with Gasteiger partial charge in [0.15, 0.2) is 0 Å². The van der Waals surface area contributed by atoms with Crippen LogP contribution in [0, 0.1) is 0 Å². The molecular formula is C22H29N3O4S. The van der Waals surface area contributed by atoms with Crippen LogP contribution in [0.3, 0.4) is 0 Å². The zero-order chi connectivity index (χ0) is 22.1. The van der Waals surface area contributed by atoms with Gasteiger partial charge in [0.1, 0.15) is 6.04 Å². The maximum atomic E-state index is 13.1. The first-order chi connectivity index (χ1) is 14.3. The molecular weight excluding hydrogens is 402 g/mol. The zero-order valence-corrected chi connectivity index (χ0v) is 18.4. The molecule has 2 amide bonds. The number of anilines is 2. The molecule has 1 unspecified atom stereocenters. The van der Waals surface area contributed by atoms with Crippen LogP contribution < -0.4 is 14.9 Å². The van der Waals surface area contributed by atoms with E-state index in [2.05, 4.69) is 10.6 Å². The van der Waals surface area contributed by atoms with Gasteiger partial charge in [-0.1, -0.05) is 50.6 Å². The van der Waals surface area contributed by atoms with Crippen molar-refractivity contribution in [1.29, 1.82) is 0 Å². The number of hydrogen-bond acceptors (Lipinski definition) is 4. The molecule has 0 aliphatic carbocycles. The molecule has 0 heterocycles. The fraction of sp³-hybridized carbons (Fsp3) is 0.364. The highest BCUT2D eigenvalue weighted by Crippen LogP contribution is 2.24. The van der Waals surface area contributed by atoms with E-state index in [9.17, 15) is 18.0 Å². The summed E-state index contributed by atoms with van der Waals surface area (Å²) >= 11 is 0. The van der Waals surface area contributed by atoms with E-state index >= 15 is 0 Å². The topological polar surface area (TPSA) is 95.6 Å². The van der Waals surface area contributed by atoms with Gasteiger partial charge in [0, 0.05) is 6.54 Å². The van der Waals surface area contributed by atoms with Gasteiger partial charge in [0.2, 0.25) is 15.9 Å². The fourth-order valence-electron chi connectivity index (χ4n) is 3.12. The van der Waals surface area contributed by atoms with Crippen molar-refractivity contribution < 1.29 is 18.0 Å². The fourth-order valence-corrected chi connectivity index (χ4v) is 4.33. The van der Waals surface area contributed by atoms with E-state index in [1.807, 2.05) is 6.92 Å². The van der Waals surface area contributed by atoms with E-state index < -0.39 is 22.0 Å². The summed E-state index contributed by atoms with van der Waals surface area (Å²) in [5.74, 6) is -0.781. The van der Waals surface area contributed by atoms with Crippen LogP contribution in [0.25, 0.3) is 0 Å². The third-order valence-corrected chi connectivity index (χ3v) is 5.77. The summed E-state index contributed by atoms with van der Waals surface area (Å²) in [6, 6.07) is 14.2. The Bertz CT molecular complexity index is 961. The molecule has 162 valence electrons. The molecule has 2 rings (SSSR count). The molecule has 7 nitrogen and oxygen atoms in total. The van der Waals surface area contributed by atoms with Gasteiger partial charge in [0.05, 0.1) is 23.2 Å². The number of para-hydroxylation sites is 2. The second-order valence-corrected chi connectivity index (χ2v) is 8.82. The van der Waals surface area contributed by atoms with E-state index in [4.69, 9.17) is 0 Å². The Morgan fingerprint density at radius 2 is 1.63 bits per heavy atom. The lowest BCUT2D eigenvalue weighted by Crippen LogP contribution is -2.47. The van der Waals surface area contributed by atoms with Crippen molar-refractivity contribution in [3.63, 3.8) is 0 Å². The van der Waals surface area contributed by atoms with Crippen molar-refractivity contribution in [3.05, 3.63) is 60.2 Å². The maximum absolute atomic E-state index is 13.1. The molecule has 1 atom stereocenters. The molecule has 30 heavy (non-hydrogen) atoms. The van der Waals surface area contributed by atoms with E-state index in [1.165, 1.54) is 0 Å². The van der Waals surface area contributed by atoms with E-state index in [-0.39, 0.29) is 12.3 Å². The van der Waals surface area contributed by atoms with Gasteiger partial charge < -0.3 is 10.6 Å². The van der Waals surface area contributed by atoms with Crippen molar-refractivity contribution in [2.75, 3.05) is 22.4 Å². The van der Waals surface area contributed by atoms with Gasteiger partial charge >= 0.3 is 0 Å². The van der Waals surface area contributed by atoms with E-state index in [0.29, 0.717) is 23.5 Å². The van der Waals surface area contributed by atoms with Crippen molar-refractivity contribution in [1.82, 2.24) is 5.32 Å². The largest absolute Gasteiger partial charge is 0.352 e. The Labute approximate surface area is 178 Å². The highest BCUT2D eigenvalue weighted by atomic mass is 32.2. The third kappa shape index (κ3) is 6.06. The quantitative estimate of drug-likeness (QED) is 0.564. The van der Waals surface area contributed by atoms with Crippen molar-refractivity contribution in [2.24, 2.45) is 0 Å². The average Bonchev–Trinajstić information content (AvgIpc) is 2.72. The lowest BCUT2D eigenvalue weighted by Gasteiger charge is -2.30. The Morgan fingerprint density at radius 1 is 1.00 bits per heavy atom. The second-order valence-electron chi connectivity index (χ2n) is 6.96. The molecule has 0 fully saturated rings. The number of nitrogens with one attached hydrogen (secondary N) is 2. The number of unbranched alkanes of at least 4 members (excludes halogenated alkanes) is 1. The molecule has 0 spiro atoms. The number of hydrogen-bond donors (Lipinski definition) is 2. The molecule has 2 aromatic carbocycles. The predicted molar refractivity (Wildman–Crippen MR) is 120 cm³/mol. The third-order valence-electron chi connectivity index (χ3n) is 4.59. The summed E-state index contributed by atoms with van der Waals surface area (Å²) in [4.78, 5) is 25.6. The molecule has 2 N–H and O–H groups in total. The SMILES string of the molecule is CCCCNC(=O)c1ccccc1NC(=O)C(CC)N(c1ccccc1)S(C)(=O)=O. The van der Waals surface area contributed by atoms with Crippen LogP contribution in [0.2, 0.25) is 0 Å². The van der Waals surface area contributed by atoms with Crippen molar-refractivity contribution >= 4 is 33.2 Å². The van der Waals surface area contributed by atoms with Crippen LogP contribution in [-0.2, 0) is 14.8 Å². The van der Waals surface area contributed by atoms with Crippen LogP contribution >= 0.6 is 0 Å². The summed E-state index contributed by atoms with van der Waals surface area (Å²) < 4.78 is 26.1. The van der Waals surface area contributed by atoms with Gasteiger partial charge in [-0.25, -0.2) is 8.42 Å². The summed E-state index contributed by atoms with van der Waals surface area (Å²) in [6.07, 6.45) is 3.15. The minimum atomic E-state index is -3.71. The number of carbonyl (C=O) groups excluding carboxylic acids is 2. The standard InChI is InChI=1S/C22H29N3O4S/c1-4-6-16-23-21(26)18-14-10-11-15-19(18)24-22(27)20(5-2)25(30(3,28)29)17-12-8-7-9-13-17/h7-15,20H,4-6,16H2,1-3H3,(H,23,26)(H,24,27). The minimum absolute atomic E-state index is 0.263. The number of benzene rings is 2. The Balaban J connectivity index is 2.30. The highest BCUT2D eigenvalue weighted by Gasteiger charge is 2.31. The van der Waals surface area contributed by atoms with Gasteiger partial charge in [0.25, 0.3) is 5.91 Å². The van der Waals surface area contributed by atoms with Gasteiger partial charge in [-0.3, -0.25) is 13.9 Å². The Hall–Kier alpha value is -2.87. The molecule has 0 aliphatic heterocycles. The Morgan fingerprint density at radius 3 is 2.23 bits per heavy atom. The highest BCUT2D eigenvalue weighted by molar-refractivity contribution is 7.92. The Kier molecular flexibility index (Phi) is 8.41. The summed E-state index contributed by atoms with van der Waals surface area (Å²) in [6.45, 7) is 4.32.